The summed E-state index contributed by atoms with van der Waals surface area (Å²) < 4.78 is 28.8. The van der Waals surface area contributed by atoms with Gasteiger partial charge in [-0.25, -0.2) is 0 Å². The molecule has 0 radical (unpaired) electrons. The lowest BCUT2D eigenvalue weighted by atomic mass is 10.2. The van der Waals surface area contributed by atoms with Gasteiger partial charge in [-0.15, -0.1) is 0 Å². The predicted octanol–water partition coefficient (Wildman–Crippen LogP) is 4.24. The van der Waals surface area contributed by atoms with E-state index in [-0.39, 0.29) is 6.16 Å². The van der Waals surface area contributed by atoms with E-state index in [0.29, 0.717) is 19.8 Å². The van der Waals surface area contributed by atoms with E-state index >= 15 is 0 Å². The Bertz CT molecular complexity index is 410. The summed E-state index contributed by atoms with van der Waals surface area (Å²) in [5, 5.41) is 0. The maximum Gasteiger partial charge on any atom is 0.335 e. The first kappa shape index (κ1) is 16.2. The summed E-state index contributed by atoms with van der Waals surface area (Å²) in [5.74, 6) is 0.754. The molecule has 0 bridgehead atoms. The second-order valence-electron chi connectivity index (χ2n) is 4.06. The van der Waals surface area contributed by atoms with Crippen molar-refractivity contribution in [2.75, 3.05) is 19.8 Å². The van der Waals surface area contributed by atoms with E-state index in [9.17, 15) is 4.57 Å². The summed E-state index contributed by atoms with van der Waals surface area (Å²) in [7, 11) is -3.08. The SMILES string of the molecule is CCCOc1ccccc1CP(=O)(OCC)OCC. The molecule has 0 unspecified atom stereocenters. The minimum atomic E-state index is -3.08. The molecule has 0 aliphatic rings. The van der Waals surface area contributed by atoms with Crippen molar-refractivity contribution < 1.29 is 18.3 Å². The van der Waals surface area contributed by atoms with Crippen LogP contribution in [0.15, 0.2) is 24.3 Å². The van der Waals surface area contributed by atoms with E-state index in [1.54, 1.807) is 0 Å². The molecule has 0 heterocycles. The molecule has 0 amide bonds. The molecule has 0 aliphatic carbocycles. The summed E-state index contributed by atoms with van der Waals surface area (Å²) in [4.78, 5) is 0. The van der Waals surface area contributed by atoms with Gasteiger partial charge in [0.15, 0.2) is 0 Å². The Balaban J connectivity index is 2.86. The third kappa shape index (κ3) is 5.35. The number of para-hydroxylation sites is 1. The fourth-order valence-corrected chi connectivity index (χ4v) is 3.44. The van der Waals surface area contributed by atoms with Crippen molar-refractivity contribution in [1.29, 1.82) is 0 Å². The van der Waals surface area contributed by atoms with Crippen LogP contribution in [-0.4, -0.2) is 19.8 Å². The van der Waals surface area contributed by atoms with Gasteiger partial charge in [0.05, 0.1) is 26.0 Å². The van der Waals surface area contributed by atoms with Crippen LogP contribution in [-0.2, 0) is 19.8 Å². The van der Waals surface area contributed by atoms with Crippen LogP contribution in [0, 0.1) is 0 Å². The van der Waals surface area contributed by atoms with E-state index in [0.717, 1.165) is 17.7 Å². The molecule has 1 rings (SSSR count). The monoisotopic (exact) mass is 286 g/mol. The summed E-state index contributed by atoms with van der Waals surface area (Å²) in [6.07, 6.45) is 1.18. The molecular formula is C14H23O4P. The van der Waals surface area contributed by atoms with Crippen LogP contribution in [0.3, 0.4) is 0 Å². The fraction of sp³-hybridized carbons (Fsp3) is 0.571. The first-order valence-electron chi connectivity index (χ1n) is 6.74. The van der Waals surface area contributed by atoms with Crippen molar-refractivity contribution in [2.45, 2.75) is 33.4 Å². The third-order valence-electron chi connectivity index (χ3n) is 2.45. The Morgan fingerprint density at radius 1 is 1.05 bits per heavy atom. The third-order valence-corrected chi connectivity index (χ3v) is 4.48. The number of rotatable bonds is 9. The van der Waals surface area contributed by atoms with Gasteiger partial charge >= 0.3 is 7.60 Å². The average molecular weight is 286 g/mol. The van der Waals surface area contributed by atoms with Gasteiger partial charge < -0.3 is 13.8 Å². The van der Waals surface area contributed by atoms with Crippen molar-refractivity contribution in [3.8, 4) is 5.75 Å². The minimum absolute atomic E-state index is 0.245. The molecule has 0 saturated heterocycles. The van der Waals surface area contributed by atoms with Crippen molar-refractivity contribution >= 4 is 7.60 Å². The van der Waals surface area contributed by atoms with Crippen LogP contribution in [0.4, 0.5) is 0 Å². The zero-order valence-corrected chi connectivity index (χ0v) is 12.8. The maximum atomic E-state index is 12.5. The highest BCUT2D eigenvalue weighted by Crippen LogP contribution is 2.52. The van der Waals surface area contributed by atoms with Gasteiger partial charge in [-0.05, 0) is 26.3 Å². The van der Waals surface area contributed by atoms with E-state index in [4.69, 9.17) is 13.8 Å². The Labute approximate surface area is 115 Å². The predicted molar refractivity (Wildman–Crippen MR) is 76.8 cm³/mol. The molecule has 0 saturated carbocycles. The van der Waals surface area contributed by atoms with Gasteiger partial charge in [-0.3, -0.25) is 4.57 Å². The van der Waals surface area contributed by atoms with Gasteiger partial charge in [0.1, 0.15) is 5.75 Å². The molecule has 5 heteroatoms. The van der Waals surface area contributed by atoms with Crippen LogP contribution in [0.5, 0.6) is 5.75 Å². The number of hydrogen-bond donors (Lipinski definition) is 0. The Morgan fingerprint density at radius 2 is 1.68 bits per heavy atom. The Morgan fingerprint density at radius 3 is 2.26 bits per heavy atom. The quantitative estimate of drug-likeness (QED) is 0.637. The second kappa shape index (κ2) is 8.36. The molecule has 0 spiro atoms. The van der Waals surface area contributed by atoms with Gasteiger partial charge in [0, 0.05) is 5.56 Å². The molecule has 1 aromatic carbocycles. The van der Waals surface area contributed by atoms with Crippen LogP contribution in [0.1, 0.15) is 32.8 Å². The molecule has 0 N–H and O–H groups in total. The number of hydrogen-bond acceptors (Lipinski definition) is 4. The molecule has 0 aromatic heterocycles. The van der Waals surface area contributed by atoms with Crippen molar-refractivity contribution in [1.82, 2.24) is 0 Å². The van der Waals surface area contributed by atoms with Gasteiger partial charge in [-0.1, -0.05) is 25.1 Å². The first-order chi connectivity index (χ1) is 9.15. The Hall–Kier alpha value is -0.830. The minimum Gasteiger partial charge on any atom is -0.493 e. The summed E-state index contributed by atoms with van der Waals surface area (Å²) in [6.45, 7) is 7.05. The normalized spacial score (nSPS) is 11.5. The Kier molecular flexibility index (Phi) is 7.14. The lowest BCUT2D eigenvalue weighted by molar-refractivity contribution is 0.218. The fourth-order valence-electron chi connectivity index (χ4n) is 1.72. The molecule has 0 fully saturated rings. The lowest BCUT2D eigenvalue weighted by Crippen LogP contribution is -2.02. The van der Waals surface area contributed by atoms with E-state index in [1.807, 2.05) is 45.0 Å². The van der Waals surface area contributed by atoms with E-state index in [2.05, 4.69) is 0 Å². The number of ether oxygens (including phenoxy) is 1. The molecule has 19 heavy (non-hydrogen) atoms. The summed E-state index contributed by atoms with van der Waals surface area (Å²) in [6, 6.07) is 7.58. The second-order valence-corrected chi connectivity index (χ2v) is 6.12. The van der Waals surface area contributed by atoms with Crippen LogP contribution < -0.4 is 4.74 Å². The first-order valence-corrected chi connectivity index (χ1v) is 8.46. The van der Waals surface area contributed by atoms with Crippen molar-refractivity contribution in [3.63, 3.8) is 0 Å². The molecule has 1 aromatic rings. The van der Waals surface area contributed by atoms with Gasteiger partial charge in [0.25, 0.3) is 0 Å². The molecule has 4 nitrogen and oxygen atoms in total. The molecular weight excluding hydrogens is 263 g/mol. The van der Waals surface area contributed by atoms with Gasteiger partial charge in [0.2, 0.25) is 0 Å². The molecule has 108 valence electrons. The van der Waals surface area contributed by atoms with Crippen LogP contribution in [0.25, 0.3) is 0 Å². The average Bonchev–Trinajstić information content (AvgIpc) is 2.38. The highest BCUT2D eigenvalue weighted by Gasteiger charge is 2.25. The van der Waals surface area contributed by atoms with Crippen LogP contribution in [0.2, 0.25) is 0 Å². The number of benzene rings is 1. The standard InChI is InChI=1S/C14H23O4P/c1-4-11-16-14-10-8-7-9-13(14)12-19(15,17-5-2)18-6-3/h7-10H,4-6,11-12H2,1-3H3. The van der Waals surface area contributed by atoms with Crippen LogP contribution >= 0.6 is 7.60 Å². The highest BCUT2D eigenvalue weighted by molar-refractivity contribution is 7.53. The van der Waals surface area contributed by atoms with Crippen molar-refractivity contribution in [3.05, 3.63) is 29.8 Å². The zero-order chi connectivity index (χ0) is 14.1. The largest absolute Gasteiger partial charge is 0.493 e. The van der Waals surface area contributed by atoms with E-state index in [1.165, 1.54) is 0 Å². The summed E-state index contributed by atoms with van der Waals surface area (Å²) >= 11 is 0. The molecule has 0 aliphatic heterocycles. The zero-order valence-electron chi connectivity index (χ0n) is 11.9. The lowest BCUT2D eigenvalue weighted by Gasteiger charge is -2.18. The summed E-state index contributed by atoms with van der Waals surface area (Å²) in [5.41, 5.74) is 0.862. The molecule has 0 atom stereocenters. The topological polar surface area (TPSA) is 44.8 Å². The smallest absolute Gasteiger partial charge is 0.335 e. The van der Waals surface area contributed by atoms with E-state index < -0.39 is 7.60 Å². The van der Waals surface area contributed by atoms with Gasteiger partial charge in [-0.2, -0.15) is 0 Å². The van der Waals surface area contributed by atoms with Crippen molar-refractivity contribution in [2.24, 2.45) is 0 Å². The maximum absolute atomic E-state index is 12.5. The highest BCUT2D eigenvalue weighted by atomic mass is 31.2.